The van der Waals surface area contributed by atoms with Crippen LogP contribution < -0.4 is 26.4 Å². The maximum atomic E-state index is 11.4. The maximum absolute atomic E-state index is 11.4. The minimum Gasteiger partial charge on any atom is -0.594 e. The summed E-state index contributed by atoms with van der Waals surface area (Å²) >= 11 is 0. The van der Waals surface area contributed by atoms with E-state index in [0.717, 1.165) is 0 Å². The Morgan fingerprint density at radius 3 is 2.29 bits per heavy atom. The molecule has 0 radical (unpaired) electrons. The van der Waals surface area contributed by atoms with Crippen LogP contribution in [0.3, 0.4) is 0 Å². The average Bonchev–Trinajstić information content (AvgIpc) is 2.41. The SMILES string of the molecule is C[C@@H](NC(=O)CCCC[C@@H](NC(=O)C[NH3+])C(=O)[O-])[P+](=O)[O-]. The number of carboxylic acid groups (broad SMARTS) is 1. The summed E-state index contributed by atoms with van der Waals surface area (Å²) in [5.41, 5.74) is 3.33. The van der Waals surface area contributed by atoms with Crippen molar-refractivity contribution in [3.8, 4) is 0 Å². The van der Waals surface area contributed by atoms with Gasteiger partial charge in [-0.1, -0.05) is 11.0 Å². The molecule has 0 spiro atoms. The van der Waals surface area contributed by atoms with Gasteiger partial charge in [0.1, 0.15) is 0 Å². The molecule has 0 fully saturated rings. The van der Waals surface area contributed by atoms with Crippen molar-refractivity contribution in [1.82, 2.24) is 10.6 Å². The Balaban J connectivity index is 4.00. The molecule has 0 heterocycles. The molecule has 0 bridgehead atoms. The second-order valence-electron chi connectivity index (χ2n) is 4.46. The largest absolute Gasteiger partial charge is 0.594 e. The van der Waals surface area contributed by atoms with Gasteiger partial charge in [-0.2, -0.15) is 0 Å². The van der Waals surface area contributed by atoms with Gasteiger partial charge < -0.3 is 31.2 Å². The van der Waals surface area contributed by atoms with Crippen molar-refractivity contribution in [2.75, 3.05) is 6.54 Å². The first-order chi connectivity index (χ1) is 9.77. The Kier molecular flexibility index (Phi) is 9.44. The molecule has 0 rings (SSSR count). The second-order valence-corrected chi connectivity index (χ2v) is 5.81. The first-order valence-electron chi connectivity index (χ1n) is 6.50. The second kappa shape index (κ2) is 10.2. The van der Waals surface area contributed by atoms with Crippen LogP contribution >= 0.6 is 8.03 Å². The molecule has 3 atom stereocenters. The highest BCUT2D eigenvalue weighted by molar-refractivity contribution is 7.37. The van der Waals surface area contributed by atoms with Gasteiger partial charge in [0.15, 0.2) is 6.54 Å². The monoisotopic (exact) mass is 321 g/mol. The van der Waals surface area contributed by atoms with E-state index in [1.165, 1.54) is 6.92 Å². The maximum Gasteiger partial charge on any atom is 0.333 e. The van der Waals surface area contributed by atoms with Gasteiger partial charge in [0, 0.05) is 13.3 Å². The van der Waals surface area contributed by atoms with Gasteiger partial charge >= 0.3 is 8.03 Å². The van der Waals surface area contributed by atoms with E-state index >= 15 is 0 Å². The Morgan fingerprint density at radius 2 is 1.81 bits per heavy atom. The summed E-state index contributed by atoms with van der Waals surface area (Å²) in [6.45, 7) is 1.28. The predicted octanol–water partition coefficient (Wildman–Crippen LogP) is -3.41. The molecule has 0 aromatic carbocycles. The number of unbranched alkanes of at least 4 members (excludes halogenated alkanes) is 1. The molecule has 0 aliphatic rings. The zero-order valence-corrected chi connectivity index (χ0v) is 12.7. The number of aliphatic carboxylic acids is 1. The standard InChI is InChI=1S/C11H20N3O6P/c1-7(21(19)20)13-9(15)5-3-2-4-8(11(17)18)14-10(16)6-12/h7-8H,2-6,12H2,1H3,(H,13,15)(H,14,16)(H,17,18)/t7-,8+/m0/s1. The van der Waals surface area contributed by atoms with Crippen LogP contribution in [0.25, 0.3) is 0 Å². The summed E-state index contributed by atoms with van der Waals surface area (Å²) < 4.78 is 10.6. The average molecular weight is 321 g/mol. The van der Waals surface area contributed by atoms with Crippen molar-refractivity contribution >= 4 is 25.8 Å². The lowest BCUT2D eigenvalue weighted by Crippen LogP contribution is -2.60. The number of amides is 2. The molecule has 0 aliphatic carbocycles. The molecule has 120 valence electrons. The highest BCUT2D eigenvalue weighted by Gasteiger charge is 2.17. The lowest BCUT2D eigenvalue weighted by atomic mass is 10.1. The van der Waals surface area contributed by atoms with E-state index in [4.69, 9.17) is 0 Å². The molecule has 5 N–H and O–H groups in total. The fourth-order valence-electron chi connectivity index (χ4n) is 1.51. The quantitative estimate of drug-likeness (QED) is 0.280. The van der Waals surface area contributed by atoms with E-state index in [9.17, 15) is 28.9 Å². The number of hydrogen-bond acceptors (Lipinski definition) is 6. The minimum absolute atomic E-state index is 0.0720. The van der Waals surface area contributed by atoms with Crippen molar-refractivity contribution < 1.29 is 34.7 Å². The summed E-state index contributed by atoms with van der Waals surface area (Å²) in [4.78, 5) is 43.8. The van der Waals surface area contributed by atoms with Crippen LogP contribution in [0.2, 0.25) is 0 Å². The summed E-state index contributed by atoms with van der Waals surface area (Å²) in [5, 5.41) is 15.4. The Hall–Kier alpha value is -1.57. The molecule has 0 saturated heterocycles. The third kappa shape index (κ3) is 9.06. The van der Waals surface area contributed by atoms with Gasteiger partial charge in [-0.05, 0) is 12.8 Å². The van der Waals surface area contributed by atoms with Crippen LogP contribution in [0.5, 0.6) is 0 Å². The number of hydrogen-bond donors (Lipinski definition) is 3. The van der Waals surface area contributed by atoms with Crippen LogP contribution in [-0.2, 0) is 18.9 Å². The summed E-state index contributed by atoms with van der Waals surface area (Å²) in [6, 6.07) is -1.11. The number of quaternary nitrogens is 1. The molecule has 1 unspecified atom stereocenters. The Labute approximate surface area is 123 Å². The number of rotatable bonds is 10. The lowest BCUT2D eigenvalue weighted by Gasteiger charge is -2.18. The van der Waals surface area contributed by atoms with Crippen molar-refractivity contribution in [3.63, 3.8) is 0 Å². The smallest absolute Gasteiger partial charge is 0.333 e. The third-order valence-electron chi connectivity index (χ3n) is 2.68. The molecule has 10 heteroatoms. The fraction of sp³-hybridized carbons (Fsp3) is 0.727. The van der Waals surface area contributed by atoms with Crippen molar-refractivity contribution in [3.05, 3.63) is 0 Å². The first-order valence-corrected chi connectivity index (χ1v) is 7.75. The van der Waals surface area contributed by atoms with Crippen LogP contribution in [0.1, 0.15) is 32.6 Å². The van der Waals surface area contributed by atoms with E-state index in [0.29, 0.717) is 12.8 Å². The zero-order chi connectivity index (χ0) is 16.4. The lowest BCUT2D eigenvalue weighted by molar-refractivity contribution is -0.355. The van der Waals surface area contributed by atoms with Gasteiger partial charge in [0.25, 0.3) is 5.91 Å². The van der Waals surface area contributed by atoms with Crippen LogP contribution in [0.15, 0.2) is 0 Å². The van der Waals surface area contributed by atoms with Crippen LogP contribution in [0.4, 0.5) is 0 Å². The highest BCUT2D eigenvalue weighted by atomic mass is 31.1. The first kappa shape index (κ1) is 19.4. The van der Waals surface area contributed by atoms with Crippen molar-refractivity contribution in [1.29, 1.82) is 0 Å². The van der Waals surface area contributed by atoms with Crippen LogP contribution in [0, 0.1) is 0 Å². The normalized spacial score (nSPS) is 14.0. The molecule has 0 aromatic heterocycles. The van der Waals surface area contributed by atoms with E-state index in [1.807, 2.05) is 0 Å². The Morgan fingerprint density at radius 1 is 1.19 bits per heavy atom. The van der Waals surface area contributed by atoms with Crippen LogP contribution in [-0.4, -0.2) is 36.2 Å². The number of carbonyl (C=O) groups excluding carboxylic acids is 3. The Bertz CT molecular complexity index is 403. The zero-order valence-electron chi connectivity index (χ0n) is 11.8. The van der Waals surface area contributed by atoms with Gasteiger partial charge in [-0.3, -0.25) is 9.59 Å². The van der Waals surface area contributed by atoms with Gasteiger partial charge in [-0.15, -0.1) is 0 Å². The number of carbonyl (C=O) groups is 3. The summed E-state index contributed by atoms with van der Waals surface area (Å²) in [6.07, 6.45) is 0.961. The topological polar surface area (TPSA) is 166 Å². The number of nitrogens with one attached hydrogen (secondary N) is 2. The summed E-state index contributed by atoms with van der Waals surface area (Å²) in [5.74, 6) is -3.23. The fourth-order valence-corrected chi connectivity index (χ4v) is 1.76. The molecule has 0 aromatic rings. The molecule has 0 saturated carbocycles. The molecule has 21 heavy (non-hydrogen) atoms. The molecule has 9 nitrogen and oxygen atoms in total. The van der Waals surface area contributed by atoms with E-state index in [1.54, 1.807) is 0 Å². The third-order valence-corrected chi connectivity index (χ3v) is 3.44. The minimum atomic E-state index is -2.72. The predicted molar refractivity (Wildman–Crippen MR) is 68.4 cm³/mol. The molecular formula is C11H20N3O6P. The van der Waals surface area contributed by atoms with E-state index in [2.05, 4.69) is 16.4 Å². The molecule has 2 amide bonds. The molecular weight excluding hydrogens is 301 g/mol. The number of carboxylic acids is 1. The van der Waals surface area contributed by atoms with Gasteiger partial charge in [-0.25, -0.2) is 0 Å². The van der Waals surface area contributed by atoms with Crippen molar-refractivity contribution in [2.24, 2.45) is 0 Å². The summed E-state index contributed by atoms with van der Waals surface area (Å²) in [7, 11) is -2.72. The highest BCUT2D eigenvalue weighted by Crippen LogP contribution is 2.14. The van der Waals surface area contributed by atoms with Crippen molar-refractivity contribution in [2.45, 2.75) is 44.4 Å². The van der Waals surface area contributed by atoms with E-state index in [-0.39, 0.29) is 19.4 Å². The van der Waals surface area contributed by atoms with E-state index < -0.39 is 37.6 Å². The van der Waals surface area contributed by atoms with Gasteiger partial charge in [0.05, 0.1) is 12.0 Å². The molecule has 0 aliphatic heterocycles. The van der Waals surface area contributed by atoms with Gasteiger partial charge in [0.2, 0.25) is 11.7 Å².